The molecule has 1 aliphatic rings. The van der Waals surface area contributed by atoms with Crippen molar-refractivity contribution in [3.05, 3.63) is 17.0 Å². The molecule has 2 rings (SSSR count). The second-order valence-corrected chi connectivity index (χ2v) is 5.44. The fourth-order valence-electron chi connectivity index (χ4n) is 2.40. The van der Waals surface area contributed by atoms with Crippen molar-refractivity contribution in [1.82, 2.24) is 15.8 Å². The first kappa shape index (κ1) is 16.0. The fraction of sp³-hybridized carbons (Fsp3) is 0.692. The third-order valence-electron chi connectivity index (χ3n) is 3.75. The van der Waals surface area contributed by atoms with Crippen LogP contribution in [0.4, 0.5) is 0 Å². The van der Waals surface area contributed by atoms with E-state index in [1.807, 2.05) is 0 Å². The molecule has 1 fully saturated rings. The van der Waals surface area contributed by atoms with Gasteiger partial charge in [-0.2, -0.15) is 0 Å². The van der Waals surface area contributed by atoms with Gasteiger partial charge in [0.25, 0.3) is 5.91 Å². The number of carbonyl (C=O) groups excluding carboxylic acids is 1. The number of halogens is 1. The van der Waals surface area contributed by atoms with Crippen LogP contribution in [0, 0.1) is 19.3 Å². The summed E-state index contributed by atoms with van der Waals surface area (Å²) in [7, 11) is 0. The number of piperidine rings is 1. The first-order valence-electron chi connectivity index (χ1n) is 6.44. The summed E-state index contributed by atoms with van der Waals surface area (Å²) in [5.74, 6) is 0.506. The van der Waals surface area contributed by atoms with E-state index >= 15 is 0 Å². The van der Waals surface area contributed by atoms with E-state index in [1.165, 1.54) is 0 Å². The van der Waals surface area contributed by atoms with Crippen LogP contribution < -0.4 is 10.6 Å². The van der Waals surface area contributed by atoms with Gasteiger partial charge in [-0.25, -0.2) is 0 Å². The maximum atomic E-state index is 12.1. The maximum Gasteiger partial charge on any atom is 0.256 e. The molecule has 1 amide bonds. The van der Waals surface area contributed by atoms with Gasteiger partial charge in [0, 0.05) is 6.54 Å². The molecule has 1 aromatic heterocycles. The van der Waals surface area contributed by atoms with Gasteiger partial charge >= 0.3 is 0 Å². The predicted molar refractivity (Wildman–Crippen MR) is 75.8 cm³/mol. The van der Waals surface area contributed by atoms with Crippen molar-refractivity contribution in [3.8, 4) is 0 Å². The molecule has 0 saturated carbocycles. The number of hydrogen-bond acceptors (Lipinski definition) is 4. The second kappa shape index (κ2) is 6.39. The van der Waals surface area contributed by atoms with Gasteiger partial charge in [0.1, 0.15) is 11.3 Å². The molecule has 0 atom stereocenters. The molecular formula is C13H22ClN3O2. The van der Waals surface area contributed by atoms with Crippen LogP contribution in [0.1, 0.15) is 41.6 Å². The highest BCUT2D eigenvalue weighted by atomic mass is 35.5. The van der Waals surface area contributed by atoms with Crippen molar-refractivity contribution >= 4 is 18.3 Å². The van der Waals surface area contributed by atoms with Crippen molar-refractivity contribution in [2.75, 3.05) is 19.6 Å². The summed E-state index contributed by atoms with van der Waals surface area (Å²) in [4.78, 5) is 12.1. The lowest BCUT2D eigenvalue weighted by Gasteiger charge is -2.34. The molecule has 0 spiro atoms. The summed E-state index contributed by atoms with van der Waals surface area (Å²) in [5, 5.41) is 10.1. The number of aromatic nitrogens is 1. The van der Waals surface area contributed by atoms with Crippen molar-refractivity contribution in [1.29, 1.82) is 0 Å². The summed E-state index contributed by atoms with van der Waals surface area (Å²) in [6.45, 7) is 8.53. The molecule has 0 unspecified atom stereocenters. The van der Waals surface area contributed by atoms with Gasteiger partial charge in [-0.15, -0.1) is 12.4 Å². The summed E-state index contributed by atoms with van der Waals surface area (Å²) in [6.07, 6.45) is 2.18. The molecule has 1 saturated heterocycles. The van der Waals surface area contributed by atoms with E-state index in [4.69, 9.17) is 4.52 Å². The second-order valence-electron chi connectivity index (χ2n) is 5.44. The quantitative estimate of drug-likeness (QED) is 0.890. The minimum absolute atomic E-state index is 0. The summed E-state index contributed by atoms with van der Waals surface area (Å²) < 4.78 is 5.01. The van der Waals surface area contributed by atoms with Crippen LogP contribution in [0.25, 0.3) is 0 Å². The van der Waals surface area contributed by atoms with Gasteiger partial charge in [-0.05, 0) is 45.2 Å². The number of nitrogens with zero attached hydrogens (tertiary/aromatic N) is 1. The molecule has 0 aliphatic carbocycles. The summed E-state index contributed by atoms with van der Waals surface area (Å²) >= 11 is 0. The number of nitrogens with one attached hydrogen (secondary N) is 2. The lowest BCUT2D eigenvalue weighted by Crippen LogP contribution is -2.43. The summed E-state index contributed by atoms with van der Waals surface area (Å²) in [6, 6.07) is 0. The Morgan fingerprint density at radius 2 is 2.05 bits per heavy atom. The lowest BCUT2D eigenvalue weighted by molar-refractivity contribution is 0.0920. The fourth-order valence-corrected chi connectivity index (χ4v) is 2.40. The van der Waals surface area contributed by atoms with E-state index in [2.05, 4.69) is 22.7 Å². The van der Waals surface area contributed by atoms with Crippen molar-refractivity contribution in [3.63, 3.8) is 0 Å². The van der Waals surface area contributed by atoms with Crippen LogP contribution in [-0.4, -0.2) is 30.7 Å². The first-order chi connectivity index (χ1) is 8.52. The molecule has 2 heterocycles. The molecule has 108 valence electrons. The predicted octanol–water partition coefficient (Wildman–Crippen LogP) is 1.83. The van der Waals surface area contributed by atoms with E-state index in [0.29, 0.717) is 23.6 Å². The number of carbonyl (C=O) groups is 1. The largest absolute Gasteiger partial charge is 0.361 e. The zero-order valence-corrected chi connectivity index (χ0v) is 12.5. The highest BCUT2D eigenvalue weighted by molar-refractivity contribution is 5.96. The van der Waals surface area contributed by atoms with Crippen LogP contribution in [-0.2, 0) is 0 Å². The molecule has 1 aliphatic heterocycles. The van der Waals surface area contributed by atoms with Crippen molar-refractivity contribution < 1.29 is 9.32 Å². The van der Waals surface area contributed by atoms with Crippen LogP contribution in [0.15, 0.2) is 4.52 Å². The topological polar surface area (TPSA) is 67.2 Å². The molecule has 19 heavy (non-hydrogen) atoms. The Hall–Kier alpha value is -1.07. The number of aryl methyl sites for hydroxylation is 2. The highest BCUT2D eigenvalue weighted by Gasteiger charge is 2.28. The van der Waals surface area contributed by atoms with Gasteiger partial charge < -0.3 is 15.2 Å². The number of rotatable bonds is 3. The SMILES string of the molecule is Cc1noc(C)c1C(=O)NCC1(C)CCNCC1.Cl. The third-order valence-corrected chi connectivity index (χ3v) is 3.75. The van der Waals surface area contributed by atoms with E-state index in [-0.39, 0.29) is 23.7 Å². The van der Waals surface area contributed by atoms with Crippen LogP contribution >= 0.6 is 12.4 Å². The molecule has 0 bridgehead atoms. The van der Waals surface area contributed by atoms with Gasteiger partial charge in [0.2, 0.25) is 0 Å². The Morgan fingerprint density at radius 3 is 2.58 bits per heavy atom. The van der Waals surface area contributed by atoms with E-state index < -0.39 is 0 Å². The van der Waals surface area contributed by atoms with Crippen molar-refractivity contribution in [2.24, 2.45) is 5.41 Å². The Morgan fingerprint density at radius 1 is 1.42 bits per heavy atom. The van der Waals surface area contributed by atoms with Gasteiger partial charge in [-0.3, -0.25) is 4.79 Å². The molecule has 0 aromatic carbocycles. The van der Waals surface area contributed by atoms with E-state index in [9.17, 15) is 4.79 Å². The maximum absolute atomic E-state index is 12.1. The Kier molecular flexibility index (Phi) is 5.38. The third kappa shape index (κ3) is 3.70. The number of hydrogen-bond donors (Lipinski definition) is 2. The smallest absolute Gasteiger partial charge is 0.256 e. The molecule has 1 aromatic rings. The highest BCUT2D eigenvalue weighted by Crippen LogP contribution is 2.26. The summed E-state index contributed by atoms with van der Waals surface area (Å²) in [5.41, 5.74) is 1.42. The van der Waals surface area contributed by atoms with E-state index in [0.717, 1.165) is 25.9 Å². The van der Waals surface area contributed by atoms with Gasteiger partial charge in [-0.1, -0.05) is 12.1 Å². The average molecular weight is 288 g/mol. The Labute approximate surface area is 119 Å². The first-order valence-corrected chi connectivity index (χ1v) is 6.44. The minimum atomic E-state index is -0.0778. The Balaban J connectivity index is 0.00000180. The minimum Gasteiger partial charge on any atom is -0.361 e. The van der Waals surface area contributed by atoms with E-state index in [1.54, 1.807) is 13.8 Å². The standard InChI is InChI=1S/C13H21N3O2.ClH/c1-9-11(10(2)18-16-9)12(17)15-8-13(3)4-6-14-7-5-13;/h14H,4-8H2,1-3H3,(H,15,17);1H. The zero-order chi connectivity index (χ0) is 13.2. The average Bonchev–Trinajstić information content (AvgIpc) is 2.67. The van der Waals surface area contributed by atoms with Crippen molar-refractivity contribution in [2.45, 2.75) is 33.6 Å². The Bertz CT molecular complexity index is 420. The molecule has 2 N–H and O–H groups in total. The van der Waals surface area contributed by atoms with Crippen LogP contribution in [0.3, 0.4) is 0 Å². The molecule has 5 nitrogen and oxygen atoms in total. The van der Waals surface area contributed by atoms with Gasteiger partial charge in [0.15, 0.2) is 0 Å². The zero-order valence-electron chi connectivity index (χ0n) is 11.7. The molecule has 6 heteroatoms. The lowest BCUT2D eigenvalue weighted by atomic mass is 9.81. The van der Waals surface area contributed by atoms with Gasteiger partial charge in [0.05, 0.1) is 5.69 Å². The molecular weight excluding hydrogens is 266 g/mol. The normalized spacial score (nSPS) is 17.6. The monoisotopic (exact) mass is 287 g/mol. The van der Waals surface area contributed by atoms with Crippen LogP contribution in [0.5, 0.6) is 0 Å². The molecule has 0 radical (unpaired) electrons. The van der Waals surface area contributed by atoms with Crippen LogP contribution in [0.2, 0.25) is 0 Å². The number of amides is 1.